The van der Waals surface area contributed by atoms with Crippen LogP contribution < -0.4 is 0 Å². The van der Waals surface area contributed by atoms with Gasteiger partial charge in [-0.3, -0.25) is 18.1 Å². The summed E-state index contributed by atoms with van der Waals surface area (Å²) < 4.78 is 52.8. The fraction of sp³-hybridized carbons (Fsp3) is 1.00. The van der Waals surface area contributed by atoms with Crippen molar-refractivity contribution < 1.29 is 36.3 Å². The van der Waals surface area contributed by atoms with E-state index in [0.29, 0.717) is 6.61 Å². The Morgan fingerprint density at radius 2 is 1.68 bits per heavy atom. The monoisotopic (exact) mass is 318 g/mol. The van der Waals surface area contributed by atoms with Crippen molar-refractivity contribution in [2.45, 2.75) is 19.4 Å². The van der Waals surface area contributed by atoms with E-state index in [1.807, 2.05) is 6.92 Å². The van der Waals surface area contributed by atoms with Gasteiger partial charge in [0.2, 0.25) is 0 Å². The summed E-state index contributed by atoms with van der Waals surface area (Å²) in [6.07, 6.45) is 0.706. The quantitative estimate of drug-likeness (QED) is 0.631. The molecule has 0 spiro atoms. The highest BCUT2D eigenvalue weighted by atomic mass is 31.3. The van der Waals surface area contributed by atoms with Gasteiger partial charge in [-0.05, 0) is 12.3 Å². The molecule has 0 saturated carbocycles. The predicted molar refractivity (Wildman–Crippen MR) is 66.8 cm³/mol. The Morgan fingerprint density at radius 1 is 1.11 bits per heavy atom. The van der Waals surface area contributed by atoms with Crippen molar-refractivity contribution in [1.82, 2.24) is 0 Å². The molecule has 10 heteroatoms. The summed E-state index contributed by atoms with van der Waals surface area (Å²) in [7, 11) is -4.65. The average molecular weight is 318 g/mol. The SMILES string of the molecule is COP(=O)(OC)OP(=O)(OC)OC[C@H]1OCCC1C. The van der Waals surface area contributed by atoms with Crippen molar-refractivity contribution in [1.29, 1.82) is 0 Å². The normalized spacial score (nSPS) is 27.4. The van der Waals surface area contributed by atoms with Gasteiger partial charge in [-0.2, -0.15) is 4.31 Å². The van der Waals surface area contributed by atoms with E-state index >= 15 is 0 Å². The molecule has 19 heavy (non-hydrogen) atoms. The second kappa shape index (κ2) is 7.29. The van der Waals surface area contributed by atoms with Gasteiger partial charge in [0, 0.05) is 27.9 Å². The number of hydrogen-bond acceptors (Lipinski definition) is 8. The molecule has 0 amide bonds. The highest BCUT2D eigenvalue weighted by molar-refractivity contribution is 7.62. The van der Waals surface area contributed by atoms with E-state index in [1.165, 1.54) is 0 Å². The van der Waals surface area contributed by atoms with E-state index in [-0.39, 0.29) is 18.6 Å². The highest BCUT2D eigenvalue weighted by Crippen LogP contribution is 2.65. The number of ether oxygens (including phenoxy) is 1. The minimum Gasteiger partial charge on any atom is -0.376 e. The minimum atomic E-state index is -4.03. The third-order valence-electron chi connectivity index (χ3n) is 2.81. The van der Waals surface area contributed by atoms with Gasteiger partial charge >= 0.3 is 15.6 Å². The van der Waals surface area contributed by atoms with Crippen LogP contribution in [0.5, 0.6) is 0 Å². The lowest BCUT2D eigenvalue weighted by Gasteiger charge is -2.22. The molecule has 8 nitrogen and oxygen atoms in total. The van der Waals surface area contributed by atoms with Crippen LogP contribution in [0.2, 0.25) is 0 Å². The molecule has 1 fully saturated rings. The zero-order valence-electron chi connectivity index (χ0n) is 11.4. The van der Waals surface area contributed by atoms with Gasteiger partial charge in [0.15, 0.2) is 0 Å². The molecule has 1 rings (SSSR count). The molecule has 0 aromatic heterocycles. The summed E-state index contributed by atoms with van der Waals surface area (Å²) in [5, 5.41) is 0. The Bertz CT molecular complexity index is 365. The van der Waals surface area contributed by atoms with Gasteiger partial charge in [-0.1, -0.05) is 6.92 Å². The molecule has 1 aliphatic heterocycles. The summed E-state index contributed by atoms with van der Waals surface area (Å²) in [5.74, 6) is 0.280. The first-order valence-corrected chi connectivity index (χ1v) is 8.65. The second-order valence-corrected chi connectivity index (χ2v) is 7.79. The van der Waals surface area contributed by atoms with E-state index in [9.17, 15) is 9.13 Å². The number of hydrogen-bond donors (Lipinski definition) is 0. The Morgan fingerprint density at radius 3 is 2.11 bits per heavy atom. The van der Waals surface area contributed by atoms with Crippen molar-refractivity contribution in [2.24, 2.45) is 5.92 Å². The largest absolute Gasteiger partial charge is 0.483 e. The van der Waals surface area contributed by atoms with Crippen LogP contribution in [0.3, 0.4) is 0 Å². The highest BCUT2D eigenvalue weighted by Gasteiger charge is 2.39. The molecular weight excluding hydrogens is 298 g/mol. The van der Waals surface area contributed by atoms with E-state index < -0.39 is 15.6 Å². The van der Waals surface area contributed by atoms with Crippen molar-refractivity contribution in [2.75, 3.05) is 34.5 Å². The molecule has 114 valence electrons. The molecule has 0 bridgehead atoms. The topological polar surface area (TPSA) is 89.5 Å². The van der Waals surface area contributed by atoms with E-state index in [4.69, 9.17) is 13.6 Å². The fourth-order valence-corrected chi connectivity index (χ4v) is 4.06. The molecule has 1 heterocycles. The molecule has 3 atom stereocenters. The second-order valence-electron chi connectivity index (χ2n) is 3.99. The third kappa shape index (κ3) is 4.92. The van der Waals surface area contributed by atoms with Gasteiger partial charge in [0.1, 0.15) is 0 Å². The molecular formula is C9H20O8P2. The third-order valence-corrected chi connectivity index (χ3v) is 6.21. The van der Waals surface area contributed by atoms with Crippen LogP contribution >= 0.6 is 15.6 Å². The molecule has 0 aliphatic carbocycles. The Labute approximate surface area is 112 Å². The van der Waals surface area contributed by atoms with Gasteiger partial charge in [0.05, 0.1) is 12.7 Å². The van der Waals surface area contributed by atoms with Crippen LogP contribution in [0.15, 0.2) is 0 Å². The van der Waals surface area contributed by atoms with Crippen LogP contribution in [-0.4, -0.2) is 40.6 Å². The molecule has 0 aromatic carbocycles. The van der Waals surface area contributed by atoms with Gasteiger partial charge in [0.25, 0.3) is 0 Å². The lowest BCUT2D eigenvalue weighted by Crippen LogP contribution is -2.20. The van der Waals surface area contributed by atoms with Crippen molar-refractivity contribution in [3.63, 3.8) is 0 Å². The Balaban J connectivity index is 2.60. The number of phosphoric ester groups is 2. The summed E-state index contributed by atoms with van der Waals surface area (Å²) in [5.41, 5.74) is 0. The lowest BCUT2D eigenvalue weighted by molar-refractivity contribution is 0.0361. The smallest absolute Gasteiger partial charge is 0.376 e. The molecule has 1 saturated heterocycles. The average Bonchev–Trinajstić information content (AvgIpc) is 2.82. The zero-order valence-corrected chi connectivity index (χ0v) is 13.2. The number of rotatable bonds is 8. The summed E-state index contributed by atoms with van der Waals surface area (Å²) in [4.78, 5) is 0. The fourth-order valence-electron chi connectivity index (χ4n) is 1.51. The summed E-state index contributed by atoms with van der Waals surface area (Å²) >= 11 is 0. The van der Waals surface area contributed by atoms with Crippen molar-refractivity contribution >= 4 is 15.6 Å². The van der Waals surface area contributed by atoms with Gasteiger partial charge in [-0.15, -0.1) is 0 Å². The Kier molecular flexibility index (Phi) is 6.63. The van der Waals surface area contributed by atoms with E-state index in [0.717, 1.165) is 27.8 Å². The predicted octanol–water partition coefficient (Wildman–Crippen LogP) is 2.60. The van der Waals surface area contributed by atoms with Crippen molar-refractivity contribution in [3.05, 3.63) is 0 Å². The first kappa shape index (κ1) is 17.3. The number of phosphoric acid groups is 2. The first-order chi connectivity index (χ1) is 8.88. The van der Waals surface area contributed by atoms with Crippen LogP contribution in [0, 0.1) is 5.92 Å². The summed E-state index contributed by atoms with van der Waals surface area (Å²) in [6, 6.07) is 0. The van der Waals surface area contributed by atoms with E-state index in [2.05, 4.69) is 13.6 Å². The van der Waals surface area contributed by atoms with Gasteiger partial charge < -0.3 is 4.74 Å². The lowest BCUT2D eigenvalue weighted by atomic mass is 10.1. The zero-order chi connectivity index (χ0) is 14.5. The molecule has 2 unspecified atom stereocenters. The maximum atomic E-state index is 12.1. The van der Waals surface area contributed by atoms with E-state index in [1.54, 1.807) is 0 Å². The molecule has 1 aliphatic rings. The summed E-state index contributed by atoms with van der Waals surface area (Å²) in [6.45, 7) is 2.64. The minimum absolute atomic E-state index is 0.0136. The Hall–Kier alpha value is 0.220. The van der Waals surface area contributed by atoms with Crippen LogP contribution in [0.4, 0.5) is 0 Å². The van der Waals surface area contributed by atoms with Gasteiger partial charge in [-0.25, -0.2) is 9.13 Å². The standard InChI is InChI=1S/C9H20O8P2/c1-8-5-6-15-9(8)7-16-19(11,14-4)17-18(10,12-2)13-3/h8-9H,5-7H2,1-4H3/t8?,9-,19?/m1/s1. The molecule has 0 N–H and O–H groups in total. The van der Waals surface area contributed by atoms with Crippen molar-refractivity contribution in [3.8, 4) is 0 Å². The maximum Gasteiger partial charge on any atom is 0.483 e. The first-order valence-electron chi connectivity index (χ1n) is 5.73. The van der Waals surface area contributed by atoms with Crippen LogP contribution in [0.25, 0.3) is 0 Å². The maximum absolute atomic E-state index is 12.1. The van der Waals surface area contributed by atoms with Crippen LogP contribution in [0.1, 0.15) is 13.3 Å². The molecule has 0 radical (unpaired) electrons. The molecule has 0 aromatic rings. The van der Waals surface area contributed by atoms with Crippen LogP contribution in [-0.2, 0) is 36.3 Å².